The van der Waals surface area contributed by atoms with Gasteiger partial charge in [-0.3, -0.25) is 9.10 Å². The van der Waals surface area contributed by atoms with Crippen LogP contribution in [0.3, 0.4) is 0 Å². The molecule has 10 heteroatoms. The van der Waals surface area contributed by atoms with Crippen LogP contribution in [0.1, 0.15) is 23.2 Å². The molecule has 1 unspecified atom stereocenters. The first-order chi connectivity index (χ1) is 21.6. The number of nitrogens with one attached hydrogen (secondary N) is 1. The third-order valence-corrected chi connectivity index (χ3v) is 10.2. The van der Waals surface area contributed by atoms with E-state index in [4.69, 9.17) is 9.72 Å². The molecule has 1 amide bonds. The number of hydrogen-bond donors (Lipinski definition) is 1. The van der Waals surface area contributed by atoms with Crippen LogP contribution in [0.2, 0.25) is 0 Å². The van der Waals surface area contributed by atoms with E-state index >= 15 is 0 Å². The Balaban J connectivity index is 1.42. The lowest BCUT2D eigenvalue weighted by Gasteiger charge is -2.23. The molecule has 45 heavy (non-hydrogen) atoms. The minimum Gasteiger partial charge on any atom is -0.480 e. The van der Waals surface area contributed by atoms with E-state index in [-0.39, 0.29) is 5.91 Å². The Morgan fingerprint density at radius 1 is 0.956 bits per heavy atom. The van der Waals surface area contributed by atoms with Gasteiger partial charge in [0.1, 0.15) is 5.65 Å². The molecular formula is C35H37N5O4S. The number of aromatic nitrogens is 2. The molecule has 6 rings (SSSR count). The van der Waals surface area contributed by atoms with E-state index in [1.807, 2.05) is 81.9 Å². The number of carbonyl (C=O) groups excluding carboxylic acids is 1. The van der Waals surface area contributed by atoms with E-state index in [0.717, 1.165) is 51.5 Å². The number of H-pyrrole nitrogens is 1. The zero-order valence-corrected chi connectivity index (χ0v) is 26.7. The van der Waals surface area contributed by atoms with Gasteiger partial charge in [0.2, 0.25) is 5.44 Å². The second kappa shape index (κ2) is 12.4. The van der Waals surface area contributed by atoms with Gasteiger partial charge >= 0.3 is 0 Å². The normalized spacial score (nSPS) is 14.7. The van der Waals surface area contributed by atoms with Crippen molar-refractivity contribution in [2.75, 3.05) is 45.6 Å². The number of hydrogen-bond acceptors (Lipinski definition) is 6. The summed E-state index contributed by atoms with van der Waals surface area (Å²) < 4.78 is 33.3. The Morgan fingerprint density at radius 2 is 1.71 bits per heavy atom. The van der Waals surface area contributed by atoms with Crippen LogP contribution in [0.25, 0.3) is 44.2 Å². The van der Waals surface area contributed by atoms with Crippen LogP contribution in [-0.4, -0.2) is 80.8 Å². The monoisotopic (exact) mass is 623 g/mol. The van der Waals surface area contributed by atoms with Crippen molar-refractivity contribution >= 4 is 43.6 Å². The Labute approximate surface area is 263 Å². The molecular weight excluding hydrogens is 586 g/mol. The average molecular weight is 624 g/mol. The summed E-state index contributed by atoms with van der Waals surface area (Å²) in [6.07, 6.45) is 6.21. The van der Waals surface area contributed by atoms with Gasteiger partial charge in [0.25, 0.3) is 15.9 Å². The molecule has 1 aliphatic rings. The number of carbonyl (C=O) groups is 1. The standard InChI is InChI=1S/C35H37N5O4S/c1-38(2)19-9-20-39(3)35(41)26-15-13-24(14-16-26)29-23-36-34-33(32(29)25-10-6-5-7-11-25)28-22-27(17-18-30(28)37-34)40(4)45(42,43)31-12-8-21-44-31/h5-8,10-11,13-18,21-23,31H,9,12,19-20H2,1-4H3,(H,36,37). The summed E-state index contributed by atoms with van der Waals surface area (Å²) in [6, 6.07) is 23.3. The van der Waals surface area contributed by atoms with Gasteiger partial charge in [-0.05, 0) is 74.6 Å². The Hall–Kier alpha value is -4.67. The van der Waals surface area contributed by atoms with Crippen molar-refractivity contribution in [2.45, 2.75) is 18.3 Å². The second-order valence-corrected chi connectivity index (χ2v) is 13.7. The predicted molar refractivity (Wildman–Crippen MR) is 181 cm³/mol. The zero-order chi connectivity index (χ0) is 31.7. The van der Waals surface area contributed by atoms with Gasteiger partial charge in [0, 0.05) is 66.2 Å². The Kier molecular flexibility index (Phi) is 8.35. The van der Waals surface area contributed by atoms with Gasteiger partial charge in [0.15, 0.2) is 0 Å². The Bertz CT molecular complexity index is 1980. The fourth-order valence-electron chi connectivity index (χ4n) is 5.78. The molecule has 9 nitrogen and oxygen atoms in total. The SMILES string of the molecule is CN(C)CCCN(C)C(=O)c1ccc(-c2cnc3[nH]c4ccc(N(C)S(=O)(=O)C5CC=CO5)cc4c3c2-c2ccccc2)cc1. The first-order valence-corrected chi connectivity index (χ1v) is 16.4. The fraction of sp³-hybridized carbons (Fsp3) is 0.257. The fourth-order valence-corrected chi connectivity index (χ4v) is 7.10. The highest BCUT2D eigenvalue weighted by molar-refractivity contribution is 7.93. The summed E-state index contributed by atoms with van der Waals surface area (Å²) in [5.74, 6) is -0.0146. The molecule has 1 N–H and O–H groups in total. The van der Waals surface area contributed by atoms with Gasteiger partial charge in [-0.25, -0.2) is 13.4 Å². The van der Waals surface area contributed by atoms with Crippen molar-refractivity contribution in [2.24, 2.45) is 0 Å². The summed E-state index contributed by atoms with van der Waals surface area (Å²) in [4.78, 5) is 25.2. The highest BCUT2D eigenvalue weighted by Crippen LogP contribution is 2.41. The van der Waals surface area contributed by atoms with Gasteiger partial charge < -0.3 is 19.5 Å². The smallest absolute Gasteiger partial charge is 0.273 e. The molecule has 3 aromatic carbocycles. The zero-order valence-electron chi connectivity index (χ0n) is 25.9. The number of sulfonamides is 1. The van der Waals surface area contributed by atoms with Crippen LogP contribution in [0, 0.1) is 0 Å². The number of aromatic amines is 1. The van der Waals surface area contributed by atoms with Gasteiger partial charge in [0.05, 0.1) is 11.9 Å². The summed E-state index contributed by atoms with van der Waals surface area (Å²) in [6.45, 7) is 1.60. The number of amides is 1. The molecule has 1 aliphatic heterocycles. The maximum Gasteiger partial charge on any atom is 0.273 e. The number of fused-ring (bicyclic) bond motifs is 3. The maximum absolute atomic E-state index is 13.3. The number of ether oxygens (including phenoxy) is 1. The van der Waals surface area contributed by atoms with Crippen LogP contribution < -0.4 is 4.31 Å². The van der Waals surface area contributed by atoms with Crippen LogP contribution in [0.4, 0.5) is 5.69 Å². The molecule has 0 aliphatic carbocycles. The highest BCUT2D eigenvalue weighted by Gasteiger charge is 2.32. The lowest BCUT2D eigenvalue weighted by molar-refractivity contribution is 0.0790. The van der Waals surface area contributed by atoms with Gasteiger partial charge in [-0.2, -0.15) is 0 Å². The van der Waals surface area contributed by atoms with Crippen molar-refractivity contribution in [3.8, 4) is 22.3 Å². The number of benzene rings is 3. The number of nitrogens with zero attached hydrogens (tertiary/aromatic N) is 4. The summed E-state index contributed by atoms with van der Waals surface area (Å²) in [5.41, 5.74) is 5.56. The van der Waals surface area contributed by atoms with Crippen molar-refractivity contribution in [1.29, 1.82) is 0 Å². The number of rotatable bonds is 10. The molecule has 5 aromatic rings. The first kappa shape index (κ1) is 30.4. The molecule has 0 fully saturated rings. The second-order valence-electron chi connectivity index (χ2n) is 11.6. The van der Waals surface area contributed by atoms with Crippen LogP contribution in [-0.2, 0) is 14.8 Å². The molecule has 0 spiro atoms. The maximum atomic E-state index is 13.3. The van der Waals surface area contributed by atoms with E-state index in [2.05, 4.69) is 22.0 Å². The number of anilines is 1. The molecule has 0 saturated carbocycles. The van der Waals surface area contributed by atoms with Crippen LogP contribution >= 0.6 is 0 Å². The van der Waals surface area contributed by atoms with Crippen molar-refractivity contribution in [3.05, 3.63) is 96.9 Å². The molecule has 232 valence electrons. The highest BCUT2D eigenvalue weighted by atomic mass is 32.2. The topological polar surface area (TPSA) is 98.8 Å². The third-order valence-electron chi connectivity index (χ3n) is 8.29. The van der Waals surface area contributed by atoms with Crippen molar-refractivity contribution < 1.29 is 17.9 Å². The summed E-state index contributed by atoms with van der Waals surface area (Å²) in [5, 5.41) is 1.75. The Morgan fingerprint density at radius 3 is 2.40 bits per heavy atom. The minimum absolute atomic E-state index is 0.0146. The quantitative estimate of drug-likeness (QED) is 0.202. The van der Waals surface area contributed by atoms with Gasteiger partial charge in [-0.1, -0.05) is 42.5 Å². The van der Waals surface area contributed by atoms with E-state index in [1.54, 1.807) is 24.1 Å². The van der Waals surface area contributed by atoms with Crippen molar-refractivity contribution in [3.63, 3.8) is 0 Å². The third kappa shape index (κ3) is 5.91. The first-order valence-electron chi connectivity index (χ1n) is 14.9. The molecule has 0 bridgehead atoms. The van der Waals surface area contributed by atoms with E-state index in [0.29, 0.717) is 29.9 Å². The van der Waals surface area contributed by atoms with Crippen LogP contribution in [0.5, 0.6) is 0 Å². The van der Waals surface area contributed by atoms with Crippen molar-refractivity contribution in [1.82, 2.24) is 19.8 Å². The number of pyridine rings is 1. The molecule has 0 radical (unpaired) electrons. The van der Waals surface area contributed by atoms with E-state index in [9.17, 15) is 13.2 Å². The molecule has 0 saturated heterocycles. The van der Waals surface area contributed by atoms with Gasteiger partial charge in [-0.15, -0.1) is 0 Å². The molecule has 2 aromatic heterocycles. The predicted octanol–water partition coefficient (Wildman–Crippen LogP) is 6.10. The summed E-state index contributed by atoms with van der Waals surface area (Å²) in [7, 11) is 3.70. The van der Waals surface area contributed by atoms with E-state index < -0.39 is 15.5 Å². The van der Waals surface area contributed by atoms with E-state index in [1.165, 1.54) is 10.6 Å². The summed E-state index contributed by atoms with van der Waals surface area (Å²) >= 11 is 0. The minimum atomic E-state index is -3.75. The molecule has 1 atom stereocenters. The lowest BCUT2D eigenvalue weighted by Crippen LogP contribution is -2.35. The average Bonchev–Trinajstić information content (AvgIpc) is 3.73. The largest absolute Gasteiger partial charge is 0.480 e. The lowest BCUT2D eigenvalue weighted by atomic mass is 9.92. The van der Waals surface area contributed by atoms with Crippen LogP contribution in [0.15, 0.2) is 91.3 Å². The molecule has 3 heterocycles.